The van der Waals surface area contributed by atoms with Crippen LogP contribution in [-0.2, 0) is 16.0 Å². The number of likely N-dealkylation sites (N-methyl/N-ethyl adjacent to an activating group) is 1. The lowest BCUT2D eigenvalue weighted by molar-refractivity contribution is -0.00501. The summed E-state index contributed by atoms with van der Waals surface area (Å²) < 4.78 is 17.3. The van der Waals surface area contributed by atoms with Crippen LogP contribution in [0.25, 0.3) is 0 Å². The minimum absolute atomic E-state index is 0.0932. The van der Waals surface area contributed by atoms with Gasteiger partial charge in [-0.1, -0.05) is 12.1 Å². The van der Waals surface area contributed by atoms with Gasteiger partial charge in [-0.15, -0.1) is 0 Å². The monoisotopic (exact) mass is 432 g/mol. The molecular formula is C24H40N4O3. The van der Waals surface area contributed by atoms with Gasteiger partial charge in [-0.05, 0) is 58.8 Å². The van der Waals surface area contributed by atoms with E-state index in [0.29, 0.717) is 19.1 Å². The van der Waals surface area contributed by atoms with Crippen molar-refractivity contribution in [2.24, 2.45) is 10.9 Å². The number of rotatable bonds is 9. The summed E-state index contributed by atoms with van der Waals surface area (Å²) in [7, 11) is 4.31. The summed E-state index contributed by atoms with van der Waals surface area (Å²) in [6.07, 6.45) is 3.12. The van der Waals surface area contributed by atoms with Crippen LogP contribution in [0.2, 0.25) is 0 Å². The fraction of sp³-hybridized carbons (Fsp3) is 0.708. The van der Waals surface area contributed by atoms with Crippen LogP contribution in [0.1, 0.15) is 37.3 Å². The molecule has 0 aromatic heterocycles. The van der Waals surface area contributed by atoms with E-state index in [9.17, 15) is 0 Å². The van der Waals surface area contributed by atoms with Gasteiger partial charge >= 0.3 is 0 Å². The van der Waals surface area contributed by atoms with Crippen molar-refractivity contribution in [1.29, 1.82) is 0 Å². The Kier molecular flexibility index (Phi) is 8.99. The van der Waals surface area contributed by atoms with Gasteiger partial charge in [0.1, 0.15) is 5.75 Å². The number of aryl methyl sites for hydroxylation is 1. The predicted molar refractivity (Wildman–Crippen MR) is 125 cm³/mol. The number of nitrogens with one attached hydrogen (secondary N) is 2. The summed E-state index contributed by atoms with van der Waals surface area (Å²) in [6.45, 7) is 10.4. The van der Waals surface area contributed by atoms with E-state index >= 15 is 0 Å². The van der Waals surface area contributed by atoms with Gasteiger partial charge in [0.25, 0.3) is 0 Å². The SMILES string of the molecule is CCNC(=NCc1ccc(C)cc1OCC1CCOC1)NCC1(N(C)C)CCOCC1. The average molecular weight is 433 g/mol. The van der Waals surface area contributed by atoms with Crippen molar-refractivity contribution in [3.63, 3.8) is 0 Å². The highest BCUT2D eigenvalue weighted by Gasteiger charge is 2.34. The number of benzene rings is 1. The fourth-order valence-electron chi connectivity index (χ4n) is 4.14. The minimum atomic E-state index is 0.0932. The van der Waals surface area contributed by atoms with E-state index in [0.717, 1.165) is 76.1 Å². The number of hydrogen-bond donors (Lipinski definition) is 2. The Balaban J connectivity index is 1.65. The van der Waals surface area contributed by atoms with Gasteiger partial charge in [-0.25, -0.2) is 4.99 Å². The third-order valence-electron chi connectivity index (χ3n) is 6.43. The molecule has 31 heavy (non-hydrogen) atoms. The van der Waals surface area contributed by atoms with E-state index in [2.05, 4.69) is 61.7 Å². The maximum atomic E-state index is 6.19. The summed E-state index contributed by atoms with van der Waals surface area (Å²) in [6, 6.07) is 6.37. The fourth-order valence-corrected chi connectivity index (χ4v) is 4.14. The maximum absolute atomic E-state index is 6.19. The van der Waals surface area contributed by atoms with Gasteiger partial charge in [-0.2, -0.15) is 0 Å². The molecule has 174 valence electrons. The van der Waals surface area contributed by atoms with E-state index in [-0.39, 0.29) is 5.54 Å². The van der Waals surface area contributed by atoms with Gasteiger partial charge in [0.05, 0.1) is 19.8 Å². The molecule has 7 nitrogen and oxygen atoms in total. The first-order valence-electron chi connectivity index (χ1n) is 11.6. The minimum Gasteiger partial charge on any atom is -0.493 e. The van der Waals surface area contributed by atoms with Crippen molar-refractivity contribution >= 4 is 5.96 Å². The number of hydrogen-bond acceptors (Lipinski definition) is 5. The highest BCUT2D eigenvalue weighted by Crippen LogP contribution is 2.25. The Bertz CT molecular complexity index is 711. The van der Waals surface area contributed by atoms with E-state index in [1.165, 1.54) is 5.56 Å². The molecule has 0 spiro atoms. The Morgan fingerprint density at radius 3 is 2.68 bits per heavy atom. The van der Waals surface area contributed by atoms with Crippen LogP contribution >= 0.6 is 0 Å². The normalized spacial score (nSPS) is 21.3. The molecule has 0 aliphatic carbocycles. The van der Waals surface area contributed by atoms with E-state index in [4.69, 9.17) is 19.2 Å². The van der Waals surface area contributed by atoms with Gasteiger partial charge in [0.2, 0.25) is 0 Å². The Morgan fingerprint density at radius 1 is 1.19 bits per heavy atom. The first-order chi connectivity index (χ1) is 15.0. The van der Waals surface area contributed by atoms with Gasteiger partial charge in [0.15, 0.2) is 5.96 Å². The van der Waals surface area contributed by atoms with Crippen LogP contribution in [0.15, 0.2) is 23.2 Å². The molecule has 0 saturated carbocycles. The van der Waals surface area contributed by atoms with Crippen molar-refractivity contribution in [3.05, 3.63) is 29.3 Å². The molecule has 0 amide bonds. The summed E-state index contributed by atoms with van der Waals surface area (Å²) in [4.78, 5) is 7.19. The van der Waals surface area contributed by atoms with Crippen LogP contribution in [0.5, 0.6) is 5.75 Å². The maximum Gasteiger partial charge on any atom is 0.191 e. The van der Waals surface area contributed by atoms with Gasteiger partial charge < -0.3 is 29.7 Å². The van der Waals surface area contributed by atoms with E-state index in [1.807, 2.05) is 0 Å². The number of ether oxygens (including phenoxy) is 3. The summed E-state index contributed by atoms with van der Waals surface area (Å²) >= 11 is 0. The van der Waals surface area contributed by atoms with E-state index in [1.54, 1.807) is 0 Å². The summed E-state index contributed by atoms with van der Waals surface area (Å²) in [5, 5.41) is 6.96. The van der Waals surface area contributed by atoms with Crippen LogP contribution in [-0.4, -0.2) is 76.6 Å². The number of nitrogens with zero attached hydrogens (tertiary/aromatic N) is 2. The first-order valence-corrected chi connectivity index (χ1v) is 11.6. The second-order valence-electron chi connectivity index (χ2n) is 8.93. The number of aliphatic imine (C=N–C) groups is 1. The van der Waals surface area contributed by atoms with Crippen LogP contribution in [0.4, 0.5) is 0 Å². The van der Waals surface area contributed by atoms with Crippen LogP contribution in [0, 0.1) is 12.8 Å². The molecule has 2 N–H and O–H groups in total. The molecule has 2 heterocycles. The Hall–Kier alpha value is -1.83. The van der Waals surface area contributed by atoms with Crippen molar-refractivity contribution in [2.45, 2.75) is 45.2 Å². The summed E-state index contributed by atoms with van der Waals surface area (Å²) in [5.41, 5.74) is 2.40. The lowest BCUT2D eigenvalue weighted by Gasteiger charge is -2.43. The zero-order chi connectivity index (χ0) is 22.1. The highest BCUT2D eigenvalue weighted by atomic mass is 16.5. The lowest BCUT2D eigenvalue weighted by atomic mass is 9.88. The zero-order valence-corrected chi connectivity index (χ0v) is 19.7. The lowest BCUT2D eigenvalue weighted by Crippen LogP contribution is -2.57. The molecule has 2 aliphatic heterocycles. The van der Waals surface area contributed by atoms with E-state index < -0.39 is 0 Å². The number of guanidine groups is 1. The smallest absolute Gasteiger partial charge is 0.191 e. The third-order valence-corrected chi connectivity index (χ3v) is 6.43. The first kappa shape index (κ1) is 23.8. The standard InChI is InChI=1S/C24H40N4O3/c1-5-25-23(27-18-24(28(3)4)9-12-29-13-10-24)26-15-21-7-6-19(2)14-22(21)31-17-20-8-11-30-16-20/h6-7,14,20H,5,8-13,15-18H2,1-4H3,(H2,25,26,27). The third kappa shape index (κ3) is 6.82. The highest BCUT2D eigenvalue weighted by molar-refractivity contribution is 5.79. The Morgan fingerprint density at radius 2 is 2.00 bits per heavy atom. The molecule has 2 aliphatic rings. The largest absolute Gasteiger partial charge is 0.493 e. The summed E-state index contributed by atoms with van der Waals surface area (Å²) in [5.74, 6) is 2.25. The van der Waals surface area contributed by atoms with Crippen molar-refractivity contribution in [3.8, 4) is 5.75 Å². The second kappa shape index (κ2) is 11.7. The predicted octanol–water partition coefficient (Wildman–Crippen LogP) is 2.58. The van der Waals surface area contributed by atoms with Crippen molar-refractivity contribution in [2.75, 3.05) is 60.2 Å². The average Bonchev–Trinajstić information content (AvgIpc) is 3.29. The zero-order valence-electron chi connectivity index (χ0n) is 19.7. The molecule has 0 radical (unpaired) electrons. The molecule has 1 unspecified atom stereocenters. The molecule has 7 heteroatoms. The molecule has 2 saturated heterocycles. The topological polar surface area (TPSA) is 67.4 Å². The van der Waals surface area contributed by atoms with Crippen molar-refractivity contribution < 1.29 is 14.2 Å². The Labute approximate surface area is 187 Å². The second-order valence-corrected chi connectivity index (χ2v) is 8.93. The molecule has 1 aromatic rings. The quantitative estimate of drug-likeness (QED) is 0.462. The molecule has 3 rings (SSSR count). The van der Waals surface area contributed by atoms with Crippen molar-refractivity contribution in [1.82, 2.24) is 15.5 Å². The van der Waals surface area contributed by atoms with Gasteiger partial charge in [0, 0.05) is 49.9 Å². The molecule has 1 atom stereocenters. The molecule has 2 fully saturated rings. The van der Waals surface area contributed by atoms with Crippen LogP contribution in [0.3, 0.4) is 0 Å². The molecule has 1 aromatic carbocycles. The van der Waals surface area contributed by atoms with Crippen LogP contribution < -0.4 is 15.4 Å². The van der Waals surface area contributed by atoms with Gasteiger partial charge in [-0.3, -0.25) is 0 Å². The molecule has 0 bridgehead atoms. The molecular weight excluding hydrogens is 392 g/mol.